The van der Waals surface area contributed by atoms with Crippen LogP contribution in [0.4, 0.5) is 0 Å². The largest absolute Gasteiger partial charge is 0.488 e. The maximum atomic E-state index is 13.8. The van der Waals surface area contributed by atoms with Crippen molar-refractivity contribution in [3.8, 4) is 5.75 Å². The summed E-state index contributed by atoms with van der Waals surface area (Å²) in [5.74, 6) is -1.34. The van der Waals surface area contributed by atoms with E-state index in [9.17, 15) is 9.59 Å². The van der Waals surface area contributed by atoms with Gasteiger partial charge < -0.3 is 4.74 Å². The van der Waals surface area contributed by atoms with Crippen LogP contribution in [0.25, 0.3) is 0 Å². The Morgan fingerprint density at radius 2 is 1.28 bits per heavy atom. The molecule has 0 spiro atoms. The molecule has 0 unspecified atom stereocenters. The van der Waals surface area contributed by atoms with Crippen molar-refractivity contribution in [1.82, 2.24) is 5.01 Å². The number of ether oxygens (including phenoxy) is 1. The molecule has 4 aliphatic rings. The van der Waals surface area contributed by atoms with Crippen LogP contribution in [-0.4, -0.2) is 23.0 Å². The molecule has 2 bridgehead atoms. The molecule has 8 rings (SSSR count). The SMILES string of the molecule is O=C1[C@@H]2C3c4ccccc4C(c4ccccc43)[C@H]2C(=O)N1/N=C\c1cc(Cl)ccc1OCc1cccc(Cl)c1. The van der Waals surface area contributed by atoms with Gasteiger partial charge in [0.05, 0.1) is 18.1 Å². The van der Waals surface area contributed by atoms with Gasteiger partial charge in [-0.3, -0.25) is 9.59 Å². The number of benzene rings is 4. The summed E-state index contributed by atoms with van der Waals surface area (Å²) in [6.45, 7) is 0.286. The van der Waals surface area contributed by atoms with E-state index in [4.69, 9.17) is 27.9 Å². The van der Waals surface area contributed by atoms with Crippen LogP contribution in [0, 0.1) is 11.8 Å². The van der Waals surface area contributed by atoms with E-state index in [2.05, 4.69) is 29.4 Å². The standard InChI is InChI=1S/C32H22Cl2N2O3/c33-20-7-5-6-18(14-20)17-39-26-13-12-21(34)15-19(26)16-35-36-31(37)29-27-22-8-1-2-9-23(22)28(30(29)32(36)38)25-11-4-3-10-24(25)27/h1-16,27-30H,17H2/b35-16-/t27?,28?,29-,30-/m1/s1. The third-order valence-electron chi connectivity index (χ3n) is 7.99. The zero-order valence-corrected chi connectivity index (χ0v) is 22.1. The molecule has 0 radical (unpaired) electrons. The first-order valence-electron chi connectivity index (χ1n) is 12.8. The summed E-state index contributed by atoms with van der Waals surface area (Å²) in [5, 5.41) is 6.59. The first-order valence-corrected chi connectivity index (χ1v) is 13.5. The van der Waals surface area contributed by atoms with Gasteiger partial charge in [-0.2, -0.15) is 10.1 Å². The molecule has 4 aromatic carbocycles. The summed E-state index contributed by atoms with van der Waals surface area (Å²) >= 11 is 12.4. The van der Waals surface area contributed by atoms with Crippen molar-refractivity contribution in [3.63, 3.8) is 0 Å². The summed E-state index contributed by atoms with van der Waals surface area (Å²) in [6, 6.07) is 28.9. The van der Waals surface area contributed by atoms with Gasteiger partial charge in [-0.25, -0.2) is 0 Å². The van der Waals surface area contributed by atoms with Crippen molar-refractivity contribution in [2.45, 2.75) is 18.4 Å². The van der Waals surface area contributed by atoms with Crippen LogP contribution in [-0.2, 0) is 16.2 Å². The Bertz CT molecular complexity index is 1570. The second kappa shape index (κ2) is 9.37. The summed E-state index contributed by atoms with van der Waals surface area (Å²) in [5.41, 5.74) is 5.97. The van der Waals surface area contributed by atoms with Crippen molar-refractivity contribution < 1.29 is 14.3 Å². The van der Waals surface area contributed by atoms with Crippen molar-refractivity contribution in [2.75, 3.05) is 0 Å². The van der Waals surface area contributed by atoms with Gasteiger partial charge in [0.1, 0.15) is 12.4 Å². The number of amides is 2. The maximum Gasteiger partial charge on any atom is 0.254 e. The van der Waals surface area contributed by atoms with E-state index in [1.165, 1.54) is 6.21 Å². The molecule has 2 atom stereocenters. The van der Waals surface area contributed by atoms with Gasteiger partial charge in [0, 0.05) is 27.4 Å². The Morgan fingerprint density at radius 3 is 1.85 bits per heavy atom. The predicted molar refractivity (Wildman–Crippen MR) is 150 cm³/mol. The number of carbonyl (C=O) groups is 2. The molecule has 1 fully saturated rings. The molecule has 1 saturated heterocycles. The van der Waals surface area contributed by atoms with Crippen LogP contribution < -0.4 is 4.74 Å². The van der Waals surface area contributed by atoms with E-state index in [-0.39, 0.29) is 30.3 Å². The van der Waals surface area contributed by atoms with Crippen LogP contribution in [0.5, 0.6) is 5.75 Å². The van der Waals surface area contributed by atoms with Crippen LogP contribution in [0.1, 0.15) is 45.2 Å². The fourth-order valence-electron chi connectivity index (χ4n) is 6.43. The highest BCUT2D eigenvalue weighted by Crippen LogP contribution is 2.60. The first kappa shape index (κ1) is 24.1. The number of imide groups is 1. The van der Waals surface area contributed by atoms with Crippen molar-refractivity contribution >= 4 is 41.2 Å². The van der Waals surface area contributed by atoms with E-state index in [1.807, 2.05) is 42.5 Å². The number of nitrogens with zero attached hydrogens (tertiary/aromatic N) is 2. The second-order valence-electron chi connectivity index (χ2n) is 10.1. The predicted octanol–water partition coefficient (Wildman–Crippen LogP) is 6.80. The van der Waals surface area contributed by atoms with Gasteiger partial charge in [-0.1, -0.05) is 83.9 Å². The first-order chi connectivity index (χ1) is 19.0. The van der Waals surface area contributed by atoms with Crippen molar-refractivity contribution in [3.05, 3.63) is 134 Å². The van der Waals surface area contributed by atoms with Gasteiger partial charge in [-0.05, 0) is 58.1 Å². The molecular formula is C32H22Cl2N2O3. The number of carbonyl (C=O) groups excluding carboxylic acids is 2. The van der Waals surface area contributed by atoms with Crippen molar-refractivity contribution in [2.24, 2.45) is 16.9 Å². The molecule has 5 nitrogen and oxygen atoms in total. The number of halogens is 2. The number of rotatable bonds is 5. The minimum absolute atomic E-state index is 0.174. The Balaban J connectivity index is 1.21. The molecule has 1 heterocycles. The normalized spacial score (nSPS) is 22.7. The lowest BCUT2D eigenvalue weighted by atomic mass is 9.55. The van der Waals surface area contributed by atoms with E-state index >= 15 is 0 Å². The maximum absolute atomic E-state index is 13.8. The Kier molecular flexibility index (Phi) is 5.80. The highest BCUT2D eigenvalue weighted by atomic mass is 35.5. The molecule has 2 amide bonds. The third kappa shape index (κ3) is 3.88. The topological polar surface area (TPSA) is 59.0 Å². The number of hydrogen-bond acceptors (Lipinski definition) is 4. The quantitative estimate of drug-likeness (QED) is 0.202. The summed E-state index contributed by atoms with van der Waals surface area (Å²) < 4.78 is 6.03. The van der Waals surface area contributed by atoms with Crippen LogP contribution in [0.15, 0.2) is 96.1 Å². The summed E-state index contributed by atoms with van der Waals surface area (Å²) in [6.07, 6.45) is 1.48. The molecule has 0 saturated carbocycles. The van der Waals surface area contributed by atoms with Gasteiger partial charge in [0.2, 0.25) is 0 Å². The van der Waals surface area contributed by atoms with Gasteiger partial charge in [-0.15, -0.1) is 0 Å². The van der Waals surface area contributed by atoms with Crippen LogP contribution >= 0.6 is 23.2 Å². The van der Waals surface area contributed by atoms with E-state index < -0.39 is 11.8 Å². The Morgan fingerprint density at radius 1 is 0.718 bits per heavy atom. The molecule has 192 valence electrons. The van der Waals surface area contributed by atoms with Gasteiger partial charge >= 0.3 is 0 Å². The zero-order chi connectivity index (χ0) is 26.7. The monoisotopic (exact) mass is 552 g/mol. The van der Waals surface area contributed by atoms with E-state index in [1.54, 1.807) is 24.3 Å². The fourth-order valence-corrected chi connectivity index (χ4v) is 6.83. The summed E-state index contributed by atoms with van der Waals surface area (Å²) in [4.78, 5) is 27.6. The Hall–Kier alpha value is -3.93. The zero-order valence-electron chi connectivity index (χ0n) is 20.6. The van der Waals surface area contributed by atoms with E-state index in [0.717, 1.165) is 32.8 Å². The molecule has 0 N–H and O–H groups in total. The van der Waals surface area contributed by atoms with Crippen molar-refractivity contribution in [1.29, 1.82) is 0 Å². The molecule has 0 aromatic heterocycles. The minimum atomic E-state index is -0.484. The molecule has 39 heavy (non-hydrogen) atoms. The minimum Gasteiger partial charge on any atom is -0.488 e. The fraction of sp³-hybridized carbons (Fsp3) is 0.156. The van der Waals surface area contributed by atoms with Gasteiger partial charge in [0.25, 0.3) is 11.8 Å². The highest BCUT2D eigenvalue weighted by Gasteiger charge is 2.61. The lowest BCUT2D eigenvalue weighted by molar-refractivity contribution is -0.139. The van der Waals surface area contributed by atoms with Gasteiger partial charge in [0.15, 0.2) is 0 Å². The number of hydrazone groups is 1. The molecule has 1 aliphatic heterocycles. The average molecular weight is 553 g/mol. The van der Waals surface area contributed by atoms with Crippen LogP contribution in [0.3, 0.4) is 0 Å². The highest BCUT2D eigenvalue weighted by molar-refractivity contribution is 6.31. The second-order valence-corrected chi connectivity index (χ2v) is 11.0. The summed E-state index contributed by atoms with van der Waals surface area (Å²) in [7, 11) is 0. The van der Waals surface area contributed by atoms with Crippen LogP contribution in [0.2, 0.25) is 10.0 Å². The molecular weight excluding hydrogens is 531 g/mol. The lowest BCUT2D eigenvalue weighted by Gasteiger charge is -2.45. The van der Waals surface area contributed by atoms with E-state index in [0.29, 0.717) is 21.4 Å². The molecule has 3 aliphatic carbocycles. The third-order valence-corrected chi connectivity index (χ3v) is 8.46. The number of hydrogen-bond donors (Lipinski definition) is 0. The molecule has 7 heteroatoms. The smallest absolute Gasteiger partial charge is 0.254 e. The lowest BCUT2D eigenvalue weighted by Crippen LogP contribution is -2.41. The molecule has 4 aromatic rings. The Labute approximate surface area is 235 Å². The average Bonchev–Trinajstić information content (AvgIpc) is 3.21.